The highest BCUT2D eigenvalue weighted by atomic mass is 15.2. The molecular weight excluding hydrogens is 657 g/mol. The van der Waals surface area contributed by atoms with Crippen LogP contribution in [0.25, 0.3) is 120 Å². The Morgan fingerprint density at radius 3 is 1.81 bits per heavy atom. The predicted molar refractivity (Wildman–Crippen MR) is 226 cm³/mol. The van der Waals surface area contributed by atoms with Crippen molar-refractivity contribution in [2.75, 3.05) is 0 Å². The molecule has 248 valence electrons. The van der Waals surface area contributed by atoms with Crippen molar-refractivity contribution in [1.82, 2.24) is 18.9 Å². The second-order valence-electron chi connectivity index (χ2n) is 14.6. The Morgan fingerprint density at radius 1 is 0.352 bits per heavy atom. The molecule has 0 saturated heterocycles. The van der Waals surface area contributed by atoms with Crippen molar-refractivity contribution >= 4 is 103 Å². The first-order valence-electron chi connectivity index (χ1n) is 18.5. The minimum atomic E-state index is 0.668. The van der Waals surface area contributed by atoms with Crippen LogP contribution in [0.4, 0.5) is 0 Å². The van der Waals surface area contributed by atoms with Gasteiger partial charge in [0.2, 0.25) is 5.95 Å². The molecule has 0 unspecified atom stereocenters. The molecule has 54 heavy (non-hydrogen) atoms. The molecule has 0 aliphatic rings. The van der Waals surface area contributed by atoms with Crippen LogP contribution in [0.3, 0.4) is 0 Å². The van der Waals surface area contributed by atoms with Gasteiger partial charge in [-0.15, -0.1) is 0 Å². The van der Waals surface area contributed by atoms with Crippen molar-refractivity contribution in [3.05, 3.63) is 170 Å². The van der Waals surface area contributed by atoms with Gasteiger partial charge in [0.1, 0.15) is 0 Å². The molecule has 0 saturated carbocycles. The van der Waals surface area contributed by atoms with E-state index in [2.05, 4.69) is 179 Å². The summed E-state index contributed by atoms with van der Waals surface area (Å²) >= 11 is 0. The molecule has 4 aromatic heterocycles. The monoisotopic (exact) mass is 684 g/mol. The Balaban J connectivity index is 1.24. The Hall–Kier alpha value is -7.30. The topological polar surface area (TPSA) is 35.1 Å². The summed E-state index contributed by atoms with van der Waals surface area (Å²) < 4.78 is 4.82. The number of benzene rings is 9. The third kappa shape index (κ3) is 3.61. The molecule has 13 aromatic rings. The Kier molecular flexibility index (Phi) is 5.34. The fraction of sp³-hybridized carbons (Fsp3) is 0. The van der Waals surface area contributed by atoms with Crippen molar-refractivity contribution in [1.29, 1.82) is 0 Å². The van der Waals surface area contributed by atoms with Gasteiger partial charge in [0.25, 0.3) is 0 Å². The summed E-state index contributed by atoms with van der Waals surface area (Å²) in [5, 5.41) is 15.6. The van der Waals surface area contributed by atoms with Crippen LogP contribution in [-0.4, -0.2) is 18.9 Å². The number of aromatic nitrogens is 4. The van der Waals surface area contributed by atoms with E-state index in [4.69, 9.17) is 9.97 Å². The molecule has 0 aliphatic carbocycles. The van der Waals surface area contributed by atoms with Gasteiger partial charge in [-0.3, -0.25) is 4.57 Å². The third-order valence-corrected chi connectivity index (χ3v) is 11.8. The minimum absolute atomic E-state index is 0.668. The first-order valence-corrected chi connectivity index (χ1v) is 18.5. The zero-order valence-corrected chi connectivity index (χ0v) is 29.0. The number of rotatable bonds is 2. The second-order valence-corrected chi connectivity index (χ2v) is 14.6. The predicted octanol–water partition coefficient (Wildman–Crippen LogP) is 13.0. The molecule has 4 nitrogen and oxygen atoms in total. The number of para-hydroxylation sites is 2. The zero-order valence-electron chi connectivity index (χ0n) is 29.0. The van der Waals surface area contributed by atoms with Gasteiger partial charge in [0.05, 0.1) is 38.8 Å². The number of fused-ring (bicyclic) bond motifs is 15. The maximum atomic E-state index is 5.58. The van der Waals surface area contributed by atoms with E-state index in [1.54, 1.807) is 0 Å². The molecule has 0 bridgehead atoms. The van der Waals surface area contributed by atoms with Gasteiger partial charge < -0.3 is 4.40 Å². The van der Waals surface area contributed by atoms with E-state index in [1.807, 2.05) is 0 Å². The van der Waals surface area contributed by atoms with E-state index < -0.39 is 0 Å². The molecule has 0 radical (unpaired) electrons. The van der Waals surface area contributed by atoms with Gasteiger partial charge in [0.15, 0.2) is 0 Å². The maximum Gasteiger partial charge on any atom is 0.235 e. The highest BCUT2D eigenvalue weighted by molar-refractivity contribution is 6.34. The van der Waals surface area contributed by atoms with Gasteiger partial charge in [0, 0.05) is 48.7 Å². The lowest BCUT2D eigenvalue weighted by Gasteiger charge is -2.14. The van der Waals surface area contributed by atoms with E-state index in [0.717, 1.165) is 44.0 Å². The van der Waals surface area contributed by atoms with Crippen molar-refractivity contribution in [2.45, 2.75) is 0 Å². The van der Waals surface area contributed by atoms with Crippen molar-refractivity contribution < 1.29 is 0 Å². The fourth-order valence-electron chi connectivity index (χ4n) is 9.41. The third-order valence-electron chi connectivity index (χ3n) is 11.8. The average molecular weight is 685 g/mol. The number of nitrogens with zero attached hydrogens (tertiary/aromatic N) is 4. The van der Waals surface area contributed by atoms with E-state index in [9.17, 15) is 0 Å². The van der Waals surface area contributed by atoms with E-state index in [1.165, 1.54) is 70.4 Å². The average Bonchev–Trinajstić information content (AvgIpc) is 3.86. The van der Waals surface area contributed by atoms with Crippen molar-refractivity contribution in [3.63, 3.8) is 0 Å². The van der Waals surface area contributed by atoms with Gasteiger partial charge in [-0.1, -0.05) is 127 Å². The van der Waals surface area contributed by atoms with Gasteiger partial charge in [-0.25, -0.2) is 9.97 Å². The lowest BCUT2D eigenvalue weighted by molar-refractivity contribution is 1.02. The Bertz CT molecular complexity index is 3740. The smallest absolute Gasteiger partial charge is 0.235 e. The van der Waals surface area contributed by atoms with Crippen LogP contribution < -0.4 is 0 Å². The van der Waals surface area contributed by atoms with Crippen LogP contribution in [-0.2, 0) is 0 Å². The van der Waals surface area contributed by atoms with Crippen LogP contribution >= 0.6 is 0 Å². The normalized spacial score (nSPS) is 12.4. The summed E-state index contributed by atoms with van der Waals surface area (Å²) in [5.41, 5.74) is 8.83. The van der Waals surface area contributed by atoms with E-state index in [0.29, 0.717) is 5.95 Å². The molecule has 0 spiro atoms. The van der Waals surface area contributed by atoms with E-state index in [-0.39, 0.29) is 0 Å². The van der Waals surface area contributed by atoms with Gasteiger partial charge in [-0.05, 0) is 69.4 Å². The fourth-order valence-corrected chi connectivity index (χ4v) is 9.41. The number of hydrogen-bond acceptors (Lipinski definition) is 2. The summed E-state index contributed by atoms with van der Waals surface area (Å²) in [4.78, 5) is 11.1. The molecule has 4 heteroatoms. The van der Waals surface area contributed by atoms with E-state index >= 15 is 0 Å². The lowest BCUT2D eigenvalue weighted by atomic mass is 10.00. The highest BCUT2D eigenvalue weighted by Gasteiger charge is 2.26. The molecular formula is C50H28N4. The maximum absolute atomic E-state index is 5.58. The number of hydrogen-bond donors (Lipinski definition) is 0. The van der Waals surface area contributed by atoms with Crippen molar-refractivity contribution in [2.24, 2.45) is 0 Å². The van der Waals surface area contributed by atoms with Crippen LogP contribution in [0.5, 0.6) is 0 Å². The summed E-state index contributed by atoms with van der Waals surface area (Å²) in [6, 6.07) is 61.6. The zero-order chi connectivity index (χ0) is 35.1. The summed E-state index contributed by atoms with van der Waals surface area (Å²) in [6.45, 7) is 0. The first-order chi connectivity index (χ1) is 26.8. The minimum Gasteiger partial charge on any atom is -0.308 e. The summed E-state index contributed by atoms with van der Waals surface area (Å²) in [6.07, 6.45) is 0. The van der Waals surface area contributed by atoms with Crippen LogP contribution in [0, 0.1) is 0 Å². The van der Waals surface area contributed by atoms with Crippen LogP contribution in [0.15, 0.2) is 170 Å². The molecule has 9 aromatic carbocycles. The molecule has 13 rings (SSSR count). The quantitative estimate of drug-likeness (QED) is 0.170. The van der Waals surface area contributed by atoms with Crippen LogP contribution in [0.1, 0.15) is 0 Å². The largest absolute Gasteiger partial charge is 0.308 e. The molecule has 0 N–H and O–H groups in total. The molecule has 0 fully saturated rings. The Labute approximate surface area is 308 Å². The SMILES string of the molecule is c1ccc2cc(-c3nc(-n4c5ccccc5c5cc6c7cc8ccccc8cc7n7c8ccccc8c(c54)c67)nc4c3ccc3ccccc34)ccc2c1. The van der Waals surface area contributed by atoms with Crippen LogP contribution in [0.2, 0.25) is 0 Å². The van der Waals surface area contributed by atoms with Gasteiger partial charge >= 0.3 is 0 Å². The van der Waals surface area contributed by atoms with Crippen molar-refractivity contribution in [3.8, 4) is 17.2 Å². The lowest BCUT2D eigenvalue weighted by Crippen LogP contribution is -2.04. The molecule has 0 amide bonds. The van der Waals surface area contributed by atoms with Gasteiger partial charge in [-0.2, -0.15) is 0 Å². The standard InChI is InChI=1S/C50H28N4/c1-2-13-31-25-34(22-21-29(31)11-1)46-38-24-23-30-12-5-6-16-35(30)47(38)52-50(51-46)54-42-19-9-7-17-36(42)40-28-41-39-26-32-14-3-4-15-33(32)27-44(39)53-43-20-10-8-18-37(43)45(48(41)53)49(40)54/h1-28H. The highest BCUT2D eigenvalue weighted by Crippen LogP contribution is 2.47. The first kappa shape index (κ1) is 28.3. The second kappa shape index (κ2) is 10.2. The molecule has 4 heterocycles. The summed E-state index contributed by atoms with van der Waals surface area (Å²) in [5.74, 6) is 0.668. The summed E-state index contributed by atoms with van der Waals surface area (Å²) in [7, 11) is 0. The molecule has 0 aliphatic heterocycles. The molecule has 0 atom stereocenters. The Morgan fingerprint density at radius 2 is 0.981 bits per heavy atom.